The summed E-state index contributed by atoms with van der Waals surface area (Å²) in [5.41, 5.74) is 2.40. The van der Waals surface area contributed by atoms with Gasteiger partial charge in [-0.3, -0.25) is 9.78 Å². The molecule has 1 saturated heterocycles. The van der Waals surface area contributed by atoms with E-state index in [4.69, 9.17) is 9.40 Å². The summed E-state index contributed by atoms with van der Waals surface area (Å²) < 4.78 is 19.8. The van der Waals surface area contributed by atoms with Gasteiger partial charge >= 0.3 is 5.97 Å². The summed E-state index contributed by atoms with van der Waals surface area (Å²) in [6.07, 6.45) is 8.51. The average Bonchev–Trinajstić information content (AvgIpc) is 3.23. The second kappa shape index (κ2) is 8.81. The van der Waals surface area contributed by atoms with Crippen molar-refractivity contribution < 1.29 is 18.7 Å². The highest BCUT2D eigenvalue weighted by molar-refractivity contribution is 5.85. The van der Waals surface area contributed by atoms with Gasteiger partial charge in [0.25, 0.3) is 0 Å². The van der Waals surface area contributed by atoms with Crippen LogP contribution in [0.15, 0.2) is 35.1 Å². The number of hydrogen-bond donors (Lipinski definition) is 1. The van der Waals surface area contributed by atoms with Gasteiger partial charge < -0.3 is 14.4 Å². The van der Waals surface area contributed by atoms with Crippen LogP contribution >= 0.6 is 0 Å². The number of rotatable bonds is 7. The second-order valence-electron chi connectivity index (χ2n) is 7.89. The zero-order chi connectivity index (χ0) is 21.1. The number of aliphatic carboxylic acids is 1. The van der Waals surface area contributed by atoms with E-state index in [0.717, 1.165) is 31.4 Å². The van der Waals surface area contributed by atoms with Crippen molar-refractivity contribution in [1.29, 1.82) is 0 Å². The van der Waals surface area contributed by atoms with Gasteiger partial charge in [-0.15, -0.1) is 0 Å². The van der Waals surface area contributed by atoms with Crippen LogP contribution < -0.4 is 4.90 Å². The normalized spacial score (nSPS) is 15.1. The first-order valence-electron chi connectivity index (χ1n) is 10.6. The molecule has 3 heterocycles. The summed E-state index contributed by atoms with van der Waals surface area (Å²) in [5.74, 6) is -0.807. The largest absolute Gasteiger partial charge is 0.481 e. The minimum atomic E-state index is -0.748. The van der Waals surface area contributed by atoms with Crippen LogP contribution in [0.25, 0.3) is 22.2 Å². The van der Waals surface area contributed by atoms with Gasteiger partial charge in [0.05, 0.1) is 17.9 Å². The molecule has 0 unspecified atom stereocenters. The Balaban J connectivity index is 1.70. The molecule has 3 aromatic rings. The second-order valence-corrected chi connectivity index (χ2v) is 7.89. The standard InChI is InChI=1S/C23H26FN3O3/c1-2-3-4-5-18-14-25-20(17-12-16-8-11-30-21(16)19(24)13-17)22(26-18)27-9-6-15(7-10-27)23(28)29/h8,11-15H,2-7,9-10H2,1H3,(H,28,29). The van der Waals surface area contributed by atoms with E-state index < -0.39 is 11.8 Å². The van der Waals surface area contributed by atoms with E-state index in [1.807, 2.05) is 6.07 Å². The van der Waals surface area contributed by atoms with Crippen LogP contribution in [0.2, 0.25) is 0 Å². The van der Waals surface area contributed by atoms with Crippen LogP contribution in [0, 0.1) is 11.7 Å². The first kappa shape index (κ1) is 20.3. The van der Waals surface area contributed by atoms with E-state index in [1.54, 1.807) is 12.3 Å². The average molecular weight is 411 g/mol. The molecule has 6 nitrogen and oxygen atoms in total. The molecule has 1 aliphatic rings. The molecule has 0 spiro atoms. The van der Waals surface area contributed by atoms with Crippen LogP contribution in [0.4, 0.5) is 10.2 Å². The number of benzene rings is 1. The zero-order valence-electron chi connectivity index (χ0n) is 17.1. The van der Waals surface area contributed by atoms with E-state index in [2.05, 4.69) is 16.8 Å². The Morgan fingerprint density at radius 2 is 2.10 bits per heavy atom. The maximum Gasteiger partial charge on any atom is 0.306 e. The molecule has 0 aliphatic carbocycles. The third-order valence-electron chi connectivity index (χ3n) is 5.76. The van der Waals surface area contributed by atoms with Crippen LogP contribution in [0.1, 0.15) is 44.7 Å². The summed E-state index contributed by atoms with van der Waals surface area (Å²) >= 11 is 0. The number of carbonyl (C=O) groups is 1. The monoisotopic (exact) mass is 411 g/mol. The van der Waals surface area contributed by atoms with E-state index in [-0.39, 0.29) is 11.5 Å². The number of piperidine rings is 1. The minimum Gasteiger partial charge on any atom is -0.481 e. The fourth-order valence-corrected chi connectivity index (χ4v) is 4.03. The number of carboxylic acids is 1. The Hall–Kier alpha value is -2.96. The number of carboxylic acid groups (broad SMARTS) is 1. The molecule has 4 rings (SSSR count). The number of furan rings is 1. The molecule has 0 saturated carbocycles. The van der Waals surface area contributed by atoms with Gasteiger partial charge in [0.2, 0.25) is 0 Å². The number of unbranched alkanes of at least 4 members (excludes halogenated alkanes) is 2. The van der Waals surface area contributed by atoms with Gasteiger partial charge in [-0.25, -0.2) is 9.37 Å². The SMILES string of the molecule is CCCCCc1cnc(-c2cc(F)c3occc3c2)c(N2CCC(C(=O)O)CC2)n1. The van der Waals surface area contributed by atoms with Crippen molar-refractivity contribution in [3.8, 4) is 11.3 Å². The first-order chi connectivity index (χ1) is 14.6. The van der Waals surface area contributed by atoms with E-state index in [9.17, 15) is 14.3 Å². The van der Waals surface area contributed by atoms with Crippen LogP contribution in [-0.2, 0) is 11.2 Å². The van der Waals surface area contributed by atoms with Crippen molar-refractivity contribution in [1.82, 2.24) is 9.97 Å². The van der Waals surface area contributed by atoms with Crippen molar-refractivity contribution >= 4 is 22.8 Å². The molecule has 30 heavy (non-hydrogen) atoms. The first-order valence-corrected chi connectivity index (χ1v) is 10.6. The Bertz CT molecular complexity index is 1040. The predicted molar refractivity (Wildman–Crippen MR) is 113 cm³/mol. The lowest BCUT2D eigenvalue weighted by Crippen LogP contribution is -2.37. The molecule has 0 amide bonds. The predicted octanol–water partition coefficient (Wildman–Crippen LogP) is 5.06. The molecule has 1 N–H and O–H groups in total. The summed E-state index contributed by atoms with van der Waals surface area (Å²) in [5, 5.41) is 9.98. The molecular formula is C23H26FN3O3. The number of fused-ring (bicyclic) bond motifs is 1. The highest BCUT2D eigenvalue weighted by atomic mass is 19.1. The van der Waals surface area contributed by atoms with Crippen molar-refractivity contribution in [2.24, 2.45) is 5.92 Å². The Kier molecular flexibility index (Phi) is 5.97. The molecule has 0 radical (unpaired) electrons. The van der Waals surface area contributed by atoms with Crippen molar-refractivity contribution in [3.63, 3.8) is 0 Å². The lowest BCUT2D eigenvalue weighted by Gasteiger charge is -2.32. The number of halogens is 1. The molecule has 2 aromatic heterocycles. The van der Waals surface area contributed by atoms with Gasteiger partial charge in [0.15, 0.2) is 17.2 Å². The summed E-state index contributed by atoms with van der Waals surface area (Å²) in [6.45, 7) is 3.34. The minimum absolute atomic E-state index is 0.228. The number of aryl methyl sites for hydroxylation is 1. The molecule has 0 bridgehead atoms. The Labute approximate surface area is 174 Å². The maximum absolute atomic E-state index is 14.5. The lowest BCUT2D eigenvalue weighted by molar-refractivity contribution is -0.142. The molecule has 1 aliphatic heterocycles. The molecule has 7 heteroatoms. The fourth-order valence-electron chi connectivity index (χ4n) is 4.03. The third-order valence-corrected chi connectivity index (χ3v) is 5.76. The van der Waals surface area contributed by atoms with E-state index >= 15 is 0 Å². The lowest BCUT2D eigenvalue weighted by atomic mass is 9.96. The number of nitrogens with zero attached hydrogens (tertiary/aromatic N) is 3. The van der Waals surface area contributed by atoms with Gasteiger partial charge in [0, 0.05) is 30.2 Å². The third kappa shape index (κ3) is 4.15. The van der Waals surface area contributed by atoms with E-state index in [1.165, 1.54) is 12.3 Å². The van der Waals surface area contributed by atoms with E-state index in [0.29, 0.717) is 48.4 Å². The van der Waals surface area contributed by atoms with Crippen molar-refractivity contribution in [2.75, 3.05) is 18.0 Å². The molecule has 1 aromatic carbocycles. The molecule has 0 atom stereocenters. The van der Waals surface area contributed by atoms with Gasteiger partial charge in [-0.1, -0.05) is 19.8 Å². The van der Waals surface area contributed by atoms with Crippen LogP contribution in [0.3, 0.4) is 0 Å². The van der Waals surface area contributed by atoms with Crippen molar-refractivity contribution in [2.45, 2.75) is 45.4 Å². The van der Waals surface area contributed by atoms with Crippen molar-refractivity contribution in [3.05, 3.63) is 42.2 Å². The number of aromatic nitrogens is 2. The van der Waals surface area contributed by atoms with Crippen LogP contribution in [0.5, 0.6) is 0 Å². The van der Waals surface area contributed by atoms with Gasteiger partial charge in [-0.05, 0) is 43.9 Å². The van der Waals surface area contributed by atoms with Gasteiger partial charge in [0.1, 0.15) is 5.69 Å². The summed E-state index contributed by atoms with van der Waals surface area (Å²) in [6, 6.07) is 5.02. The Morgan fingerprint density at radius 3 is 2.83 bits per heavy atom. The molecular weight excluding hydrogens is 385 g/mol. The highest BCUT2D eigenvalue weighted by Crippen LogP contribution is 2.33. The quantitative estimate of drug-likeness (QED) is 0.547. The maximum atomic E-state index is 14.5. The smallest absolute Gasteiger partial charge is 0.306 e. The molecule has 158 valence electrons. The summed E-state index contributed by atoms with van der Waals surface area (Å²) in [4.78, 5) is 23.0. The zero-order valence-corrected chi connectivity index (χ0v) is 17.1. The Morgan fingerprint density at radius 1 is 1.30 bits per heavy atom. The highest BCUT2D eigenvalue weighted by Gasteiger charge is 2.27. The topological polar surface area (TPSA) is 79.5 Å². The number of hydrogen-bond acceptors (Lipinski definition) is 5. The van der Waals surface area contributed by atoms with Crippen LogP contribution in [-0.4, -0.2) is 34.1 Å². The van der Waals surface area contributed by atoms with Gasteiger partial charge in [-0.2, -0.15) is 0 Å². The molecule has 1 fully saturated rings. The summed E-state index contributed by atoms with van der Waals surface area (Å²) in [7, 11) is 0. The number of anilines is 1. The fraction of sp³-hybridized carbons (Fsp3) is 0.435.